The molecule has 1 spiro atoms. The molecule has 2 N–H and O–H groups in total. The van der Waals surface area contributed by atoms with Gasteiger partial charge in [-0.05, 0) is 23.8 Å². The molecule has 7 heteroatoms. The Balaban J connectivity index is 1.27. The topological polar surface area (TPSA) is 79.2 Å². The zero-order valence-electron chi connectivity index (χ0n) is 16.0. The van der Waals surface area contributed by atoms with Gasteiger partial charge in [0.2, 0.25) is 0 Å². The quantitative estimate of drug-likeness (QED) is 0.775. The number of para-hydroxylation sites is 1. The third-order valence-electron chi connectivity index (χ3n) is 5.65. The van der Waals surface area contributed by atoms with E-state index in [1.54, 1.807) is 0 Å². The summed E-state index contributed by atoms with van der Waals surface area (Å²) in [4.78, 5) is 13.4. The monoisotopic (exact) mass is 401 g/mol. The summed E-state index contributed by atoms with van der Waals surface area (Å²) in [5.74, 6) is -0.892. The van der Waals surface area contributed by atoms with E-state index in [0.717, 1.165) is 56.3 Å². The van der Waals surface area contributed by atoms with Crippen molar-refractivity contribution in [2.45, 2.75) is 31.0 Å². The van der Waals surface area contributed by atoms with E-state index in [1.807, 2.05) is 18.2 Å². The molecule has 4 rings (SSSR count). The first kappa shape index (κ1) is 19.7. The van der Waals surface area contributed by atoms with Gasteiger partial charge in [0, 0.05) is 45.0 Å². The molecule has 154 valence electrons. The molecule has 29 heavy (non-hydrogen) atoms. The van der Waals surface area contributed by atoms with Crippen LogP contribution in [0.15, 0.2) is 42.5 Å². The van der Waals surface area contributed by atoms with E-state index < -0.39 is 17.9 Å². The van der Waals surface area contributed by atoms with E-state index >= 15 is 0 Å². The molecule has 1 fully saturated rings. The minimum absolute atomic E-state index is 0.0775. The van der Waals surface area contributed by atoms with Gasteiger partial charge in [-0.2, -0.15) is 0 Å². The third-order valence-corrected chi connectivity index (χ3v) is 5.65. The molecule has 0 aliphatic carbocycles. The average molecular weight is 401 g/mol. The summed E-state index contributed by atoms with van der Waals surface area (Å²) >= 11 is 0. The Morgan fingerprint density at radius 1 is 1.24 bits per heavy atom. The van der Waals surface area contributed by atoms with Crippen LogP contribution in [0.4, 0.5) is 4.39 Å². The summed E-state index contributed by atoms with van der Waals surface area (Å²) in [6.45, 7) is 1.89. The molecule has 2 aromatic rings. The zero-order chi connectivity index (χ0) is 20.4. The maximum absolute atomic E-state index is 13.4. The first-order chi connectivity index (χ1) is 13.9. The fourth-order valence-corrected chi connectivity index (χ4v) is 4.12. The first-order valence-electron chi connectivity index (χ1n) is 9.77. The van der Waals surface area contributed by atoms with Crippen molar-refractivity contribution in [2.24, 2.45) is 0 Å². The summed E-state index contributed by atoms with van der Waals surface area (Å²) < 4.78 is 25.0. The Morgan fingerprint density at radius 2 is 2.00 bits per heavy atom. The maximum atomic E-state index is 13.4. The summed E-state index contributed by atoms with van der Waals surface area (Å²) in [6, 6.07) is 11.4. The lowest BCUT2D eigenvalue weighted by molar-refractivity contribution is -0.00204. The number of benzene rings is 2. The molecule has 0 saturated carbocycles. The third kappa shape index (κ3) is 4.36. The molecule has 0 bridgehead atoms. The predicted octanol–water partition coefficient (Wildman–Crippen LogP) is 2.73. The molecule has 0 unspecified atom stereocenters. The average Bonchev–Trinajstić information content (AvgIpc) is 3.06. The van der Waals surface area contributed by atoms with Crippen LogP contribution in [0.5, 0.6) is 11.5 Å². The standard InChI is InChI=1S/C22H24FNO5/c23-16-5-6-18(21(26)27)20(11-16)28-14-17(25)13-24-9-7-22(8-10-24)12-15-3-1-2-4-19(15)29-22/h1-6,11,17,25H,7-10,12-14H2,(H,26,27)/t17-/m1/s1. The number of aliphatic hydroxyl groups excluding tert-OH is 1. The number of fused-ring (bicyclic) bond motifs is 1. The second-order valence-electron chi connectivity index (χ2n) is 7.78. The van der Waals surface area contributed by atoms with Crippen molar-refractivity contribution < 1.29 is 28.9 Å². The van der Waals surface area contributed by atoms with Gasteiger partial charge in [0.1, 0.15) is 41.2 Å². The molecular formula is C22H24FNO5. The molecule has 2 aliphatic heterocycles. The van der Waals surface area contributed by atoms with Gasteiger partial charge in [0.15, 0.2) is 0 Å². The van der Waals surface area contributed by atoms with E-state index in [-0.39, 0.29) is 23.5 Å². The molecule has 2 aliphatic rings. The number of ether oxygens (including phenoxy) is 2. The number of hydrogen-bond acceptors (Lipinski definition) is 5. The van der Waals surface area contributed by atoms with Gasteiger partial charge in [-0.25, -0.2) is 9.18 Å². The fourth-order valence-electron chi connectivity index (χ4n) is 4.12. The van der Waals surface area contributed by atoms with Gasteiger partial charge < -0.3 is 24.6 Å². The number of likely N-dealkylation sites (tertiary alicyclic amines) is 1. The lowest BCUT2D eigenvalue weighted by Gasteiger charge is -2.39. The van der Waals surface area contributed by atoms with E-state index in [4.69, 9.17) is 14.6 Å². The lowest BCUT2D eigenvalue weighted by Crippen LogP contribution is -2.49. The van der Waals surface area contributed by atoms with Crippen molar-refractivity contribution >= 4 is 5.97 Å². The lowest BCUT2D eigenvalue weighted by atomic mass is 9.87. The van der Waals surface area contributed by atoms with E-state index in [9.17, 15) is 14.3 Å². The van der Waals surface area contributed by atoms with Crippen molar-refractivity contribution in [3.8, 4) is 11.5 Å². The molecule has 1 atom stereocenters. The van der Waals surface area contributed by atoms with Crippen molar-refractivity contribution in [1.82, 2.24) is 4.90 Å². The number of piperidine rings is 1. The zero-order valence-corrected chi connectivity index (χ0v) is 16.0. The van der Waals surface area contributed by atoms with Crippen LogP contribution in [-0.2, 0) is 6.42 Å². The van der Waals surface area contributed by atoms with Gasteiger partial charge in [-0.3, -0.25) is 0 Å². The van der Waals surface area contributed by atoms with Crippen LogP contribution in [-0.4, -0.2) is 59.0 Å². The minimum Gasteiger partial charge on any atom is -0.490 e. The van der Waals surface area contributed by atoms with Crippen molar-refractivity contribution in [1.29, 1.82) is 0 Å². The second-order valence-corrected chi connectivity index (χ2v) is 7.78. The van der Waals surface area contributed by atoms with Crippen LogP contribution >= 0.6 is 0 Å². The van der Waals surface area contributed by atoms with Crippen LogP contribution in [0.25, 0.3) is 0 Å². The van der Waals surface area contributed by atoms with E-state index in [0.29, 0.717) is 6.54 Å². The maximum Gasteiger partial charge on any atom is 0.339 e. The smallest absolute Gasteiger partial charge is 0.339 e. The molecule has 0 amide bonds. The Labute approximate surface area is 168 Å². The summed E-state index contributed by atoms with van der Waals surface area (Å²) in [5.41, 5.74) is 0.967. The van der Waals surface area contributed by atoms with Crippen LogP contribution in [0.2, 0.25) is 0 Å². The normalized spacial score (nSPS) is 18.8. The number of carboxylic acids is 1. The Kier molecular flexibility index (Phi) is 5.43. The summed E-state index contributed by atoms with van der Waals surface area (Å²) in [6.07, 6.45) is 1.86. The van der Waals surface area contributed by atoms with Gasteiger partial charge in [0.05, 0.1) is 0 Å². The molecule has 0 aromatic heterocycles. The van der Waals surface area contributed by atoms with Crippen LogP contribution in [0, 0.1) is 5.82 Å². The molecular weight excluding hydrogens is 377 g/mol. The molecule has 2 aromatic carbocycles. The number of aromatic carboxylic acids is 1. The number of carboxylic acid groups (broad SMARTS) is 1. The van der Waals surface area contributed by atoms with Gasteiger partial charge >= 0.3 is 5.97 Å². The Bertz CT molecular complexity index is 868. The van der Waals surface area contributed by atoms with E-state index in [2.05, 4.69) is 11.0 Å². The predicted molar refractivity (Wildman–Crippen MR) is 104 cm³/mol. The van der Waals surface area contributed by atoms with Gasteiger partial charge in [0.25, 0.3) is 0 Å². The number of aliphatic hydroxyl groups is 1. The summed E-state index contributed by atoms with van der Waals surface area (Å²) in [5, 5.41) is 19.5. The number of halogens is 1. The van der Waals surface area contributed by atoms with Crippen molar-refractivity contribution in [2.75, 3.05) is 26.2 Å². The number of rotatable bonds is 6. The number of carbonyl (C=O) groups is 1. The van der Waals surface area contributed by atoms with E-state index in [1.165, 1.54) is 5.56 Å². The highest BCUT2D eigenvalue weighted by atomic mass is 19.1. The largest absolute Gasteiger partial charge is 0.490 e. The van der Waals surface area contributed by atoms with Gasteiger partial charge in [-0.15, -0.1) is 0 Å². The van der Waals surface area contributed by atoms with Gasteiger partial charge in [-0.1, -0.05) is 18.2 Å². The molecule has 0 radical (unpaired) electrons. The molecule has 1 saturated heterocycles. The van der Waals surface area contributed by atoms with Crippen LogP contribution < -0.4 is 9.47 Å². The Morgan fingerprint density at radius 3 is 2.72 bits per heavy atom. The highest BCUT2D eigenvalue weighted by molar-refractivity contribution is 5.90. The number of hydrogen-bond donors (Lipinski definition) is 2. The van der Waals surface area contributed by atoms with Crippen molar-refractivity contribution in [3.05, 3.63) is 59.4 Å². The highest BCUT2D eigenvalue weighted by Gasteiger charge is 2.41. The molecule has 6 nitrogen and oxygen atoms in total. The number of nitrogens with zero attached hydrogens (tertiary/aromatic N) is 1. The van der Waals surface area contributed by atoms with Crippen LogP contribution in [0.3, 0.4) is 0 Å². The number of β-amino-alcohol motifs (C(OH)–C–C–N with tert-alkyl or cyclic N) is 1. The summed E-state index contributed by atoms with van der Waals surface area (Å²) in [7, 11) is 0. The van der Waals surface area contributed by atoms with Crippen molar-refractivity contribution in [3.63, 3.8) is 0 Å². The molecule has 2 heterocycles. The minimum atomic E-state index is -1.20. The van der Waals surface area contributed by atoms with Crippen LogP contribution in [0.1, 0.15) is 28.8 Å². The fraction of sp³-hybridized carbons (Fsp3) is 0.409. The second kappa shape index (κ2) is 8.00. The SMILES string of the molecule is O=C(O)c1ccc(F)cc1OC[C@H](O)CN1CCC2(CC1)Cc1ccccc1O2. The highest BCUT2D eigenvalue weighted by Crippen LogP contribution is 2.40. The Hall–Kier alpha value is -2.64. The first-order valence-corrected chi connectivity index (χ1v) is 9.77.